The lowest BCUT2D eigenvalue weighted by Gasteiger charge is -2.07. The number of para-hydroxylation sites is 2. The van der Waals surface area contributed by atoms with Crippen molar-refractivity contribution >= 4 is 22.6 Å². The van der Waals surface area contributed by atoms with E-state index in [1.54, 1.807) is 0 Å². The first-order valence-corrected chi connectivity index (χ1v) is 6.08. The Kier molecular flexibility index (Phi) is 3.73. The molecule has 0 aliphatic heterocycles. The summed E-state index contributed by atoms with van der Waals surface area (Å²) >= 11 is 6.20. The molecule has 16 heavy (non-hydrogen) atoms. The van der Waals surface area contributed by atoms with Crippen molar-refractivity contribution in [3.8, 4) is 0 Å². The van der Waals surface area contributed by atoms with Crippen LogP contribution in [-0.4, -0.2) is 15.3 Å². The number of fused-ring (bicyclic) bond motifs is 1. The Morgan fingerprint density at radius 3 is 2.75 bits per heavy atom. The van der Waals surface area contributed by atoms with Crippen molar-refractivity contribution in [1.29, 1.82) is 0 Å². The van der Waals surface area contributed by atoms with Crippen LogP contribution in [0.4, 0.5) is 0 Å². The van der Waals surface area contributed by atoms with Crippen molar-refractivity contribution in [3.63, 3.8) is 0 Å². The van der Waals surface area contributed by atoms with Crippen LogP contribution in [-0.2, 0) is 6.42 Å². The number of aromatic nitrogens is 2. The topological polar surface area (TPSA) is 25.8 Å². The molecule has 0 aliphatic rings. The van der Waals surface area contributed by atoms with Gasteiger partial charge in [-0.25, -0.2) is 4.98 Å². The van der Waals surface area contributed by atoms with Gasteiger partial charge in [0.1, 0.15) is 0 Å². The molecule has 0 radical (unpaired) electrons. The number of halogens is 1. The summed E-state index contributed by atoms with van der Waals surface area (Å²) in [6.45, 7) is 2.14. The standard InChI is InChI=1S/C13H15ClN2/c1-2-5-10(14)8-11-9-15-12-6-3-4-7-13(12)16-11/h3-4,6-7,9-10H,2,5,8H2,1H3. The molecule has 0 spiro atoms. The van der Waals surface area contributed by atoms with Gasteiger partial charge in [-0.05, 0) is 18.6 Å². The summed E-state index contributed by atoms with van der Waals surface area (Å²) in [6, 6.07) is 7.90. The van der Waals surface area contributed by atoms with Gasteiger partial charge in [0.25, 0.3) is 0 Å². The van der Waals surface area contributed by atoms with E-state index in [1.807, 2.05) is 30.5 Å². The molecule has 2 rings (SSSR count). The minimum atomic E-state index is 0.167. The Morgan fingerprint density at radius 2 is 2.00 bits per heavy atom. The second-order valence-corrected chi connectivity index (χ2v) is 4.56. The molecule has 0 saturated carbocycles. The van der Waals surface area contributed by atoms with E-state index in [4.69, 9.17) is 11.6 Å². The van der Waals surface area contributed by atoms with Gasteiger partial charge in [0, 0.05) is 18.0 Å². The van der Waals surface area contributed by atoms with E-state index in [2.05, 4.69) is 16.9 Å². The predicted octanol–water partition coefficient (Wildman–Crippen LogP) is 3.58. The van der Waals surface area contributed by atoms with E-state index >= 15 is 0 Å². The predicted molar refractivity (Wildman–Crippen MR) is 67.8 cm³/mol. The molecule has 3 heteroatoms. The fraction of sp³-hybridized carbons (Fsp3) is 0.385. The molecule has 0 amide bonds. The first-order chi connectivity index (χ1) is 7.79. The number of alkyl halides is 1. The SMILES string of the molecule is CCCC(Cl)Cc1cnc2ccccc2n1. The Balaban J connectivity index is 2.19. The molecular formula is C13H15ClN2. The lowest BCUT2D eigenvalue weighted by molar-refractivity contribution is 0.716. The van der Waals surface area contributed by atoms with E-state index in [9.17, 15) is 0 Å². The van der Waals surface area contributed by atoms with Gasteiger partial charge in [-0.2, -0.15) is 0 Å². The first-order valence-electron chi connectivity index (χ1n) is 5.64. The molecule has 0 N–H and O–H groups in total. The van der Waals surface area contributed by atoms with E-state index < -0.39 is 0 Å². The van der Waals surface area contributed by atoms with E-state index in [0.29, 0.717) is 0 Å². The maximum Gasteiger partial charge on any atom is 0.0890 e. The van der Waals surface area contributed by atoms with Crippen molar-refractivity contribution in [2.45, 2.75) is 31.6 Å². The van der Waals surface area contributed by atoms with Crippen LogP contribution in [0.25, 0.3) is 11.0 Å². The van der Waals surface area contributed by atoms with Gasteiger partial charge < -0.3 is 0 Å². The van der Waals surface area contributed by atoms with Gasteiger partial charge in [0.2, 0.25) is 0 Å². The average molecular weight is 235 g/mol. The van der Waals surface area contributed by atoms with Gasteiger partial charge in [0.15, 0.2) is 0 Å². The number of hydrogen-bond donors (Lipinski definition) is 0. The van der Waals surface area contributed by atoms with Crippen LogP contribution in [0, 0.1) is 0 Å². The van der Waals surface area contributed by atoms with E-state index in [0.717, 1.165) is 36.0 Å². The Bertz CT molecular complexity index is 470. The molecule has 0 saturated heterocycles. The van der Waals surface area contributed by atoms with Gasteiger partial charge in [0.05, 0.1) is 16.7 Å². The number of rotatable bonds is 4. The molecule has 0 fully saturated rings. The summed E-state index contributed by atoms with van der Waals surface area (Å²) in [5.74, 6) is 0. The fourth-order valence-electron chi connectivity index (χ4n) is 1.74. The molecule has 1 atom stereocenters. The molecule has 1 heterocycles. The molecule has 1 aromatic heterocycles. The Morgan fingerprint density at radius 1 is 1.25 bits per heavy atom. The Hall–Kier alpha value is -1.15. The van der Waals surface area contributed by atoms with Crippen LogP contribution in [0.15, 0.2) is 30.5 Å². The highest BCUT2D eigenvalue weighted by atomic mass is 35.5. The summed E-state index contributed by atoms with van der Waals surface area (Å²) in [7, 11) is 0. The molecular weight excluding hydrogens is 220 g/mol. The lowest BCUT2D eigenvalue weighted by Crippen LogP contribution is -2.05. The molecule has 0 bridgehead atoms. The van der Waals surface area contributed by atoms with Gasteiger partial charge in [-0.1, -0.05) is 25.5 Å². The molecule has 1 unspecified atom stereocenters. The summed E-state index contributed by atoms with van der Waals surface area (Å²) in [5.41, 5.74) is 2.86. The zero-order valence-electron chi connectivity index (χ0n) is 9.36. The third kappa shape index (κ3) is 2.70. The van der Waals surface area contributed by atoms with Crippen molar-refractivity contribution in [2.75, 3.05) is 0 Å². The summed E-state index contributed by atoms with van der Waals surface area (Å²) in [6.07, 6.45) is 4.76. The largest absolute Gasteiger partial charge is 0.253 e. The minimum absolute atomic E-state index is 0.167. The van der Waals surface area contributed by atoms with Gasteiger partial charge >= 0.3 is 0 Å². The highest BCUT2D eigenvalue weighted by Crippen LogP contribution is 2.14. The van der Waals surface area contributed by atoms with Gasteiger partial charge in [-0.15, -0.1) is 11.6 Å². The molecule has 1 aromatic carbocycles. The maximum absolute atomic E-state index is 6.20. The number of nitrogens with zero attached hydrogens (tertiary/aromatic N) is 2. The second kappa shape index (κ2) is 5.26. The zero-order valence-corrected chi connectivity index (χ0v) is 10.1. The smallest absolute Gasteiger partial charge is 0.0890 e. The van der Waals surface area contributed by atoms with Crippen LogP contribution in [0.1, 0.15) is 25.5 Å². The first kappa shape index (κ1) is 11.3. The van der Waals surface area contributed by atoms with Crippen LogP contribution >= 0.6 is 11.6 Å². The summed E-state index contributed by atoms with van der Waals surface area (Å²) in [4.78, 5) is 8.92. The molecule has 84 valence electrons. The van der Waals surface area contributed by atoms with Crippen LogP contribution in [0.3, 0.4) is 0 Å². The maximum atomic E-state index is 6.20. The highest BCUT2D eigenvalue weighted by molar-refractivity contribution is 6.20. The van der Waals surface area contributed by atoms with Crippen molar-refractivity contribution in [1.82, 2.24) is 9.97 Å². The van der Waals surface area contributed by atoms with E-state index in [1.165, 1.54) is 0 Å². The molecule has 2 nitrogen and oxygen atoms in total. The Labute approximate surface area is 101 Å². The highest BCUT2D eigenvalue weighted by Gasteiger charge is 2.06. The summed E-state index contributed by atoms with van der Waals surface area (Å²) < 4.78 is 0. The van der Waals surface area contributed by atoms with E-state index in [-0.39, 0.29) is 5.38 Å². The second-order valence-electron chi connectivity index (χ2n) is 3.94. The normalized spacial score (nSPS) is 12.9. The van der Waals surface area contributed by atoms with Crippen LogP contribution in [0.5, 0.6) is 0 Å². The van der Waals surface area contributed by atoms with Gasteiger partial charge in [-0.3, -0.25) is 4.98 Å². The average Bonchev–Trinajstić information content (AvgIpc) is 2.29. The van der Waals surface area contributed by atoms with Crippen molar-refractivity contribution in [2.24, 2.45) is 0 Å². The zero-order chi connectivity index (χ0) is 11.4. The van der Waals surface area contributed by atoms with Crippen LogP contribution < -0.4 is 0 Å². The minimum Gasteiger partial charge on any atom is -0.253 e. The number of benzene rings is 1. The fourth-order valence-corrected chi connectivity index (χ4v) is 2.11. The monoisotopic (exact) mass is 234 g/mol. The third-order valence-electron chi connectivity index (χ3n) is 2.53. The lowest BCUT2D eigenvalue weighted by atomic mass is 10.1. The number of hydrogen-bond acceptors (Lipinski definition) is 2. The molecule has 2 aromatic rings. The third-order valence-corrected chi connectivity index (χ3v) is 2.90. The summed E-state index contributed by atoms with van der Waals surface area (Å²) in [5, 5.41) is 0.167. The molecule has 0 aliphatic carbocycles. The van der Waals surface area contributed by atoms with Crippen molar-refractivity contribution < 1.29 is 0 Å². The van der Waals surface area contributed by atoms with Crippen LogP contribution in [0.2, 0.25) is 0 Å². The van der Waals surface area contributed by atoms with Crippen molar-refractivity contribution in [3.05, 3.63) is 36.2 Å². The quantitative estimate of drug-likeness (QED) is 0.756.